The molecule has 0 atom stereocenters. The Morgan fingerprint density at radius 2 is 1.74 bits per heavy atom. The Bertz CT molecular complexity index is 647. The van der Waals surface area contributed by atoms with E-state index in [1.807, 2.05) is 0 Å². The van der Waals surface area contributed by atoms with E-state index < -0.39 is 11.7 Å². The number of carbonyl (C=O) groups is 1. The lowest BCUT2D eigenvalue weighted by Gasteiger charge is -2.09. The summed E-state index contributed by atoms with van der Waals surface area (Å²) >= 11 is 6.48. The number of benzene rings is 2. The van der Waals surface area contributed by atoms with Gasteiger partial charge in [0.1, 0.15) is 5.82 Å². The van der Waals surface area contributed by atoms with E-state index in [9.17, 15) is 9.18 Å². The predicted octanol–water partition coefficient (Wildman–Crippen LogP) is 4.19. The van der Waals surface area contributed by atoms with Crippen molar-refractivity contribution in [3.8, 4) is 0 Å². The summed E-state index contributed by atoms with van der Waals surface area (Å²) in [4.78, 5) is 12.1. The topological polar surface area (TPSA) is 55.1 Å². The lowest BCUT2D eigenvalue weighted by molar-refractivity contribution is 0.102. The van der Waals surface area contributed by atoms with Gasteiger partial charge in [-0.1, -0.05) is 31.9 Å². The van der Waals surface area contributed by atoms with Crippen LogP contribution in [0, 0.1) is 5.82 Å². The summed E-state index contributed by atoms with van der Waals surface area (Å²) in [6.07, 6.45) is 0. The average Bonchev–Trinajstić information content (AvgIpc) is 2.36. The third-order valence-corrected chi connectivity index (χ3v) is 3.42. The molecule has 3 nitrogen and oxygen atoms in total. The van der Waals surface area contributed by atoms with E-state index in [2.05, 4.69) is 37.2 Å². The molecular formula is C13H9Br2FN2O. The number of nitrogen functional groups attached to an aromatic ring is 1. The highest BCUT2D eigenvalue weighted by Crippen LogP contribution is 2.23. The molecule has 0 saturated carbocycles. The van der Waals surface area contributed by atoms with E-state index in [0.29, 0.717) is 10.2 Å². The molecule has 0 aromatic heterocycles. The van der Waals surface area contributed by atoms with Crippen molar-refractivity contribution < 1.29 is 9.18 Å². The standard InChI is InChI=1S/C13H9Br2FN2O/c14-7-2-4-11(17)9(5-7)13(19)18-12-6-8(15)1-3-10(12)16/h1-6H,17H2,(H,18,19). The third-order valence-electron chi connectivity index (χ3n) is 2.44. The molecule has 0 radical (unpaired) electrons. The van der Waals surface area contributed by atoms with Gasteiger partial charge in [-0.3, -0.25) is 4.79 Å². The number of nitrogens with two attached hydrogens (primary N) is 1. The van der Waals surface area contributed by atoms with Crippen molar-refractivity contribution in [3.63, 3.8) is 0 Å². The lowest BCUT2D eigenvalue weighted by Crippen LogP contribution is -2.15. The monoisotopic (exact) mass is 386 g/mol. The van der Waals surface area contributed by atoms with Crippen LogP contribution in [0.4, 0.5) is 15.8 Å². The average molecular weight is 388 g/mol. The first-order valence-electron chi connectivity index (χ1n) is 5.29. The summed E-state index contributed by atoms with van der Waals surface area (Å²) in [5, 5.41) is 2.49. The van der Waals surface area contributed by atoms with Gasteiger partial charge in [-0.05, 0) is 36.4 Å². The van der Waals surface area contributed by atoms with Gasteiger partial charge in [0.05, 0.1) is 11.3 Å². The van der Waals surface area contributed by atoms with E-state index in [4.69, 9.17) is 5.73 Å². The predicted molar refractivity (Wildman–Crippen MR) is 80.6 cm³/mol. The third kappa shape index (κ3) is 3.33. The summed E-state index contributed by atoms with van der Waals surface area (Å²) in [6, 6.07) is 9.23. The fraction of sp³-hybridized carbons (Fsp3) is 0. The second kappa shape index (κ2) is 5.71. The maximum atomic E-state index is 13.5. The van der Waals surface area contributed by atoms with Crippen LogP contribution in [0.3, 0.4) is 0 Å². The number of hydrogen-bond acceptors (Lipinski definition) is 2. The lowest BCUT2D eigenvalue weighted by atomic mass is 10.1. The van der Waals surface area contributed by atoms with Crippen LogP contribution in [-0.4, -0.2) is 5.91 Å². The van der Waals surface area contributed by atoms with E-state index in [1.54, 1.807) is 24.3 Å². The summed E-state index contributed by atoms with van der Waals surface area (Å²) in [6.45, 7) is 0. The molecule has 2 aromatic carbocycles. The number of hydrogen-bond donors (Lipinski definition) is 2. The van der Waals surface area contributed by atoms with Crippen molar-refractivity contribution in [1.82, 2.24) is 0 Å². The Balaban J connectivity index is 2.30. The summed E-state index contributed by atoms with van der Waals surface area (Å²) in [5.74, 6) is -0.971. The molecular weight excluding hydrogens is 379 g/mol. The Kier molecular flexibility index (Phi) is 4.21. The van der Waals surface area contributed by atoms with E-state index in [1.165, 1.54) is 12.1 Å². The molecule has 0 saturated heterocycles. The van der Waals surface area contributed by atoms with Gasteiger partial charge in [-0.15, -0.1) is 0 Å². The van der Waals surface area contributed by atoms with Crippen molar-refractivity contribution >= 4 is 49.1 Å². The number of amides is 1. The highest BCUT2D eigenvalue weighted by molar-refractivity contribution is 9.10. The molecule has 19 heavy (non-hydrogen) atoms. The molecule has 3 N–H and O–H groups in total. The zero-order chi connectivity index (χ0) is 14.0. The molecule has 0 heterocycles. The molecule has 6 heteroatoms. The van der Waals surface area contributed by atoms with Crippen LogP contribution in [-0.2, 0) is 0 Å². The second-order valence-corrected chi connectivity index (χ2v) is 5.64. The smallest absolute Gasteiger partial charge is 0.257 e. The Morgan fingerprint density at radius 1 is 1.11 bits per heavy atom. The first-order valence-corrected chi connectivity index (χ1v) is 6.87. The van der Waals surface area contributed by atoms with Crippen LogP contribution >= 0.6 is 31.9 Å². The van der Waals surface area contributed by atoms with Crippen LogP contribution < -0.4 is 11.1 Å². The Labute approximate surface area is 126 Å². The normalized spacial score (nSPS) is 10.3. The molecule has 0 bridgehead atoms. The van der Waals surface area contributed by atoms with Crippen LogP contribution in [0.25, 0.3) is 0 Å². The number of halogens is 3. The van der Waals surface area contributed by atoms with Crippen LogP contribution in [0.1, 0.15) is 10.4 Å². The molecule has 0 spiro atoms. The second-order valence-electron chi connectivity index (χ2n) is 3.81. The number of nitrogens with one attached hydrogen (secondary N) is 1. The highest BCUT2D eigenvalue weighted by atomic mass is 79.9. The van der Waals surface area contributed by atoms with Gasteiger partial charge in [-0.2, -0.15) is 0 Å². The largest absolute Gasteiger partial charge is 0.398 e. The minimum Gasteiger partial charge on any atom is -0.398 e. The van der Waals surface area contributed by atoms with E-state index >= 15 is 0 Å². The van der Waals surface area contributed by atoms with Gasteiger partial charge in [0.2, 0.25) is 0 Å². The minimum atomic E-state index is -0.509. The number of anilines is 2. The molecule has 98 valence electrons. The van der Waals surface area contributed by atoms with Crippen molar-refractivity contribution in [3.05, 3.63) is 56.7 Å². The molecule has 0 aliphatic rings. The molecule has 0 aliphatic heterocycles. The number of rotatable bonds is 2. The van der Waals surface area contributed by atoms with Gasteiger partial charge < -0.3 is 11.1 Å². The quantitative estimate of drug-likeness (QED) is 0.759. The highest BCUT2D eigenvalue weighted by Gasteiger charge is 2.13. The van der Waals surface area contributed by atoms with Crippen molar-refractivity contribution in [1.29, 1.82) is 0 Å². The fourth-order valence-electron chi connectivity index (χ4n) is 1.51. The summed E-state index contributed by atoms with van der Waals surface area (Å²) in [5.41, 5.74) is 6.44. The maximum absolute atomic E-state index is 13.5. The van der Waals surface area contributed by atoms with Crippen molar-refractivity contribution in [2.75, 3.05) is 11.1 Å². The van der Waals surface area contributed by atoms with Crippen molar-refractivity contribution in [2.45, 2.75) is 0 Å². The van der Waals surface area contributed by atoms with Gasteiger partial charge in [0.15, 0.2) is 0 Å². The minimum absolute atomic E-state index is 0.0961. The van der Waals surface area contributed by atoms with Crippen LogP contribution in [0.15, 0.2) is 45.3 Å². The summed E-state index contributed by atoms with van der Waals surface area (Å²) < 4.78 is 14.9. The summed E-state index contributed by atoms with van der Waals surface area (Å²) in [7, 11) is 0. The van der Waals surface area contributed by atoms with Crippen molar-refractivity contribution in [2.24, 2.45) is 0 Å². The van der Waals surface area contributed by atoms with Crippen LogP contribution in [0.5, 0.6) is 0 Å². The molecule has 0 unspecified atom stereocenters. The molecule has 2 aromatic rings. The first kappa shape index (κ1) is 14.0. The first-order chi connectivity index (χ1) is 8.97. The van der Waals surface area contributed by atoms with Crippen LogP contribution in [0.2, 0.25) is 0 Å². The Morgan fingerprint density at radius 3 is 2.47 bits per heavy atom. The molecule has 2 rings (SSSR count). The van der Waals surface area contributed by atoms with E-state index in [0.717, 1.165) is 4.47 Å². The fourth-order valence-corrected chi connectivity index (χ4v) is 2.23. The number of carbonyl (C=O) groups excluding carboxylic acids is 1. The maximum Gasteiger partial charge on any atom is 0.257 e. The van der Waals surface area contributed by atoms with Gasteiger partial charge in [0.25, 0.3) is 5.91 Å². The van der Waals surface area contributed by atoms with E-state index in [-0.39, 0.29) is 11.3 Å². The van der Waals surface area contributed by atoms with Gasteiger partial charge in [0, 0.05) is 14.6 Å². The SMILES string of the molecule is Nc1ccc(Br)cc1C(=O)Nc1cc(Br)ccc1F. The molecule has 0 aliphatic carbocycles. The Hall–Kier alpha value is -1.40. The molecule has 1 amide bonds. The zero-order valence-electron chi connectivity index (χ0n) is 9.58. The van der Waals surface area contributed by atoms with Gasteiger partial charge in [-0.25, -0.2) is 4.39 Å². The molecule has 0 fully saturated rings. The van der Waals surface area contributed by atoms with Gasteiger partial charge >= 0.3 is 0 Å². The zero-order valence-corrected chi connectivity index (χ0v) is 12.8.